The summed E-state index contributed by atoms with van der Waals surface area (Å²) >= 11 is 1.38. The molecule has 41 heavy (non-hydrogen) atoms. The fourth-order valence-electron chi connectivity index (χ4n) is 7.08. The zero-order valence-electron chi connectivity index (χ0n) is 22.5. The molecule has 0 radical (unpaired) electrons. The summed E-state index contributed by atoms with van der Waals surface area (Å²) in [6.45, 7) is 0.122. The van der Waals surface area contributed by atoms with Gasteiger partial charge in [-0.25, -0.2) is 0 Å². The number of piperidine rings is 1. The molecule has 7 N–H and O–H groups in total. The number of carboxylic acids is 2. The van der Waals surface area contributed by atoms with E-state index < -0.39 is 53.9 Å². The number of hydrogen-bond acceptors (Lipinski definition) is 10. The van der Waals surface area contributed by atoms with Crippen molar-refractivity contribution in [3.05, 3.63) is 23.3 Å². The Kier molecular flexibility index (Phi) is 7.92. The minimum absolute atomic E-state index is 0.0150. The third-order valence-corrected chi connectivity index (χ3v) is 10.3. The Hall–Kier alpha value is -3.36. The van der Waals surface area contributed by atoms with Crippen molar-refractivity contribution in [3.63, 3.8) is 0 Å². The number of aromatic hydroxyl groups is 1. The second-order valence-corrected chi connectivity index (χ2v) is 12.5. The van der Waals surface area contributed by atoms with Crippen LogP contribution in [0.25, 0.3) is 0 Å². The maximum absolute atomic E-state index is 13.6. The van der Waals surface area contributed by atoms with Gasteiger partial charge in [0.25, 0.3) is 0 Å². The molecule has 1 saturated carbocycles. The lowest BCUT2D eigenvalue weighted by molar-refractivity contribution is -0.139. The number of aliphatic carboxylic acids is 2. The molecule has 222 valence electrons. The average molecular weight is 591 g/mol. The number of carbonyl (C=O) groups excluding carboxylic acids is 3. The molecule has 2 fully saturated rings. The first kappa shape index (κ1) is 29.1. The summed E-state index contributed by atoms with van der Waals surface area (Å²) in [5.74, 6) is -3.43. The van der Waals surface area contributed by atoms with Gasteiger partial charge >= 0.3 is 11.9 Å². The van der Waals surface area contributed by atoms with Gasteiger partial charge in [0.1, 0.15) is 18.6 Å². The highest BCUT2D eigenvalue weighted by molar-refractivity contribution is 8.00. The highest BCUT2D eigenvalue weighted by atomic mass is 32.2. The number of nitrogens with two attached hydrogens (primary N) is 1. The van der Waals surface area contributed by atoms with Gasteiger partial charge in [-0.05, 0) is 44.5 Å². The van der Waals surface area contributed by atoms with E-state index in [0.717, 1.165) is 24.1 Å². The summed E-state index contributed by atoms with van der Waals surface area (Å²) in [6.07, 6.45) is 0.505. The number of amides is 2. The third kappa shape index (κ3) is 5.12. The predicted molar refractivity (Wildman–Crippen MR) is 146 cm³/mol. The SMILES string of the molecule is CN1CC[C@]23c4c5ccc(O)c4OC2C(=O)CC(SC[C@H](NC(=O)CC[C@H](N)C(=O)O)C(=O)NCC(=O)O)[C@H]3[C@H]1C5. The molecule has 7 atom stereocenters. The van der Waals surface area contributed by atoms with Gasteiger partial charge in [-0.1, -0.05) is 6.07 Å². The highest BCUT2D eigenvalue weighted by Crippen LogP contribution is 2.64. The first-order valence-electron chi connectivity index (χ1n) is 13.6. The molecule has 2 aliphatic heterocycles. The number of nitrogens with one attached hydrogen (secondary N) is 2. The highest BCUT2D eigenvalue weighted by Gasteiger charge is 2.68. The van der Waals surface area contributed by atoms with Crippen molar-refractivity contribution < 1.29 is 44.0 Å². The number of likely N-dealkylation sites (tertiary alicyclic amines) is 1. The van der Waals surface area contributed by atoms with Crippen molar-refractivity contribution >= 4 is 41.3 Å². The number of phenols is 1. The average Bonchev–Trinajstić information content (AvgIpc) is 3.28. The summed E-state index contributed by atoms with van der Waals surface area (Å²) in [5.41, 5.74) is 6.85. The normalized spacial score (nSPS) is 29.1. The molecule has 2 heterocycles. The molecule has 2 bridgehead atoms. The van der Waals surface area contributed by atoms with Gasteiger partial charge in [-0.15, -0.1) is 0 Å². The van der Waals surface area contributed by atoms with Crippen molar-refractivity contribution in [1.82, 2.24) is 15.5 Å². The van der Waals surface area contributed by atoms with Crippen LogP contribution in [0.5, 0.6) is 11.5 Å². The number of thioether (sulfide) groups is 1. The molecule has 5 rings (SSSR count). The van der Waals surface area contributed by atoms with Crippen molar-refractivity contribution in [2.45, 2.75) is 67.0 Å². The fraction of sp³-hybridized carbons (Fsp3) is 0.593. The smallest absolute Gasteiger partial charge is 0.322 e. The quantitative estimate of drug-likeness (QED) is 0.188. The third-order valence-electron chi connectivity index (χ3n) is 8.91. The van der Waals surface area contributed by atoms with E-state index >= 15 is 0 Å². The molecule has 1 spiro atoms. The summed E-state index contributed by atoms with van der Waals surface area (Å²) in [6, 6.07) is 1.25. The molecular formula is C27H34N4O9S. The van der Waals surface area contributed by atoms with Crippen LogP contribution in [0.15, 0.2) is 12.1 Å². The Morgan fingerprint density at radius 1 is 1.24 bits per heavy atom. The van der Waals surface area contributed by atoms with Gasteiger partial charge in [0.05, 0.1) is 5.41 Å². The second-order valence-electron chi connectivity index (χ2n) is 11.3. The van der Waals surface area contributed by atoms with Crippen molar-refractivity contribution in [2.75, 3.05) is 25.9 Å². The van der Waals surface area contributed by atoms with Crippen LogP contribution < -0.4 is 21.1 Å². The Balaban J connectivity index is 1.38. The number of Topliss-reactive ketones (excluding diaryl/α,β-unsaturated/α-hetero) is 1. The zero-order chi connectivity index (χ0) is 29.6. The Labute approximate surface area is 240 Å². The number of carbonyl (C=O) groups is 5. The van der Waals surface area contributed by atoms with E-state index in [9.17, 15) is 29.1 Å². The van der Waals surface area contributed by atoms with Crippen molar-refractivity contribution in [1.29, 1.82) is 0 Å². The Bertz CT molecular complexity index is 1290. The lowest BCUT2D eigenvalue weighted by Crippen LogP contribution is -2.68. The predicted octanol–water partition coefficient (Wildman–Crippen LogP) is -0.780. The van der Waals surface area contributed by atoms with E-state index in [1.54, 1.807) is 6.07 Å². The molecule has 1 saturated heterocycles. The lowest BCUT2D eigenvalue weighted by atomic mass is 9.51. The number of carboxylic acid groups (broad SMARTS) is 2. The van der Waals surface area contributed by atoms with E-state index in [4.69, 9.17) is 20.7 Å². The number of phenolic OH excluding ortho intramolecular Hbond substituents is 1. The maximum atomic E-state index is 13.6. The number of benzene rings is 1. The molecule has 2 unspecified atom stereocenters. The van der Waals surface area contributed by atoms with Gasteiger partial charge < -0.3 is 41.3 Å². The number of hydrogen-bond donors (Lipinski definition) is 6. The molecule has 2 amide bonds. The minimum Gasteiger partial charge on any atom is -0.504 e. The monoisotopic (exact) mass is 590 g/mol. The van der Waals surface area contributed by atoms with Gasteiger partial charge in [0.2, 0.25) is 11.8 Å². The molecule has 1 aromatic carbocycles. The molecular weight excluding hydrogens is 556 g/mol. The van der Waals surface area contributed by atoms with Gasteiger partial charge in [0.15, 0.2) is 23.4 Å². The summed E-state index contributed by atoms with van der Waals surface area (Å²) < 4.78 is 6.18. The van der Waals surface area contributed by atoms with Crippen LogP contribution >= 0.6 is 11.8 Å². The first-order valence-corrected chi connectivity index (χ1v) is 14.6. The molecule has 14 heteroatoms. The van der Waals surface area contributed by atoms with E-state index in [2.05, 4.69) is 22.6 Å². The van der Waals surface area contributed by atoms with Crippen LogP contribution in [0.4, 0.5) is 0 Å². The largest absolute Gasteiger partial charge is 0.504 e. The summed E-state index contributed by atoms with van der Waals surface area (Å²) in [4.78, 5) is 63.4. The maximum Gasteiger partial charge on any atom is 0.322 e. The fourth-order valence-corrected chi connectivity index (χ4v) is 8.66. The molecule has 13 nitrogen and oxygen atoms in total. The molecule has 2 aliphatic carbocycles. The van der Waals surface area contributed by atoms with Crippen LogP contribution in [0.2, 0.25) is 0 Å². The second kappa shape index (κ2) is 11.1. The number of ketones is 1. The van der Waals surface area contributed by atoms with Gasteiger partial charge in [-0.3, -0.25) is 24.0 Å². The Morgan fingerprint density at radius 2 is 2.00 bits per heavy atom. The standard InChI is InChI=1S/C27H34N4O9S/c1-31-7-6-27-21-12-2-4-16(32)23(21)40-24(27)17(33)9-18(22(27)15(31)8-12)41-11-14(25(37)29-10-20(35)36)30-19(34)5-3-13(28)26(38)39/h2,4,13-15,18,22,24,32H,3,5-11,28H2,1H3,(H,29,37)(H,30,34)(H,35,36)(H,38,39)/t13-,14-,15+,18?,22+,24?,27+/m0/s1. The van der Waals surface area contributed by atoms with Crippen molar-refractivity contribution in [3.8, 4) is 11.5 Å². The number of ether oxygens (including phenoxy) is 1. The van der Waals surface area contributed by atoms with Crippen LogP contribution in [0.3, 0.4) is 0 Å². The van der Waals surface area contributed by atoms with Gasteiger partial charge in [-0.2, -0.15) is 11.8 Å². The first-order chi connectivity index (χ1) is 19.4. The summed E-state index contributed by atoms with van der Waals surface area (Å²) in [7, 11) is 2.05. The van der Waals surface area contributed by atoms with Gasteiger partial charge in [0, 0.05) is 41.4 Å². The van der Waals surface area contributed by atoms with E-state index in [0.29, 0.717) is 12.2 Å². The van der Waals surface area contributed by atoms with E-state index in [1.807, 2.05) is 6.07 Å². The molecule has 0 aromatic heterocycles. The van der Waals surface area contributed by atoms with E-state index in [1.165, 1.54) is 11.8 Å². The number of nitrogens with zero attached hydrogens (tertiary/aromatic N) is 1. The Morgan fingerprint density at radius 3 is 2.71 bits per heavy atom. The zero-order valence-corrected chi connectivity index (χ0v) is 23.3. The van der Waals surface area contributed by atoms with Crippen LogP contribution in [-0.4, -0.2) is 105 Å². The van der Waals surface area contributed by atoms with Crippen molar-refractivity contribution in [2.24, 2.45) is 11.7 Å². The van der Waals surface area contributed by atoms with E-state index in [-0.39, 0.29) is 53.8 Å². The number of rotatable bonds is 11. The van der Waals surface area contributed by atoms with Crippen LogP contribution in [-0.2, 0) is 35.8 Å². The number of likely N-dealkylation sites (N-methyl/N-ethyl adjacent to an activating group) is 1. The molecule has 4 aliphatic rings. The minimum atomic E-state index is -1.25. The topological polar surface area (TPSA) is 209 Å². The lowest BCUT2D eigenvalue weighted by Gasteiger charge is -2.59. The molecule has 1 aromatic rings. The van der Waals surface area contributed by atoms with Crippen LogP contribution in [0.1, 0.15) is 36.8 Å². The summed E-state index contributed by atoms with van der Waals surface area (Å²) in [5, 5.41) is 33.3. The van der Waals surface area contributed by atoms with Crippen LogP contribution in [0, 0.1) is 5.92 Å².